The van der Waals surface area contributed by atoms with Crippen LogP contribution in [0.4, 0.5) is 10.6 Å². The van der Waals surface area contributed by atoms with E-state index in [0.29, 0.717) is 12.3 Å². The summed E-state index contributed by atoms with van der Waals surface area (Å²) >= 11 is 6.31. The zero-order valence-corrected chi connectivity index (χ0v) is 23.9. The molecule has 2 N–H and O–H groups in total. The number of alkyl carbamates (subject to hydrolysis) is 1. The lowest BCUT2D eigenvalue weighted by Gasteiger charge is -2.19. The standard InChI is InChI=1S/C26H31ClN4O7S/c1-6-28-25(32)37-14-13-36-24-22(38-21-15-18(35-5)9-12-20(21)27)23(29-16-30-24)31-39(33,34)19-10-7-17(8-11-19)26(2,3)4/h7-12,15-16H,6,13-14H2,1-5H3,(H,28,32)(H,29,30,31). The molecule has 0 fully saturated rings. The number of benzene rings is 2. The van der Waals surface area contributed by atoms with Crippen LogP contribution in [0.25, 0.3) is 0 Å². The summed E-state index contributed by atoms with van der Waals surface area (Å²) in [5.41, 5.74) is 0.831. The van der Waals surface area contributed by atoms with Gasteiger partial charge in [-0.3, -0.25) is 4.72 Å². The largest absolute Gasteiger partial charge is 0.497 e. The maximum Gasteiger partial charge on any atom is 0.407 e. The van der Waals surface area contributed by atoms with E-state index in [4.69, 9.17) is 30.5 Å². The van der Waals surface area contributed by atoms with Crippen LogP contribution in [0.5, 0.6) is 23.1 Å². The smallest absolute Gasteiger partial charge is 0.407 e. The third kappa shape index (κ3) is 8.11. The van der Waals surface area contributed by atoms with Gasteiger partial charge in [0.15, 0.2) is 5.82 Å². The highest BCUT2D eigenvalue weighted by Gasteiger charge is 2.24. The van der Waals surface area contributed by atoms with Gasteiger partial charge < -0.3 is 24.3 Å². The van der Waals surface area contributed by atoms with Crippen LogP contribution < -0.4 is 24.2 Å². The monoisotopic (exact) mass is 578 g/mol. The number of amides is 1. The van der Waals surface area contributed by atoms with Gasteiger partial charge in [0.25, 0.3) is 15.9 Å². The van der Waals surface area contributed by atoms with E-state index in [1.807, 2.05) is 20.8 Å². The van der Waals surface area contributed by atoms with Gasteiger partial charge in [-0.1, -0.05) is 44.5 Å². The topological polar surface area (TPSA) is 138 Å². The Bertz CT molecular complexity index is 1390. The average molecular weight is 579 g/mol. The summed E-state index contributed by atoms with van der Waals surface area (Å²) in [6, 6.07) is 11.2. The van der Waals surface area contributed by atoms with Crippen molar-refractivity contribution in [2.24, 2.45) is 0 Å². The van der Waals surface area contributed by atoms with E-state index in [0.717, 1.165) is 11.9 Å². The summed E-state index contributed by atoms with van der Waals surface area (Å²) in [6.45, 7) is 8.07. The molecule has 0 atom stereocenters. The predicted molar refractivity (Wildman–Crippen MR) is 147 cm³/mol. The first-order valence-corrected chi connectivity index (χ1v) is 13.8. The summed E-state index contributed by atoms with van der Waals surface area (Å²) in [7, 11) is -2.61. The number of ether oxygens (including phenoxy) is 4. The zero-order chi connectivity index (χ0) is 28.6. The molecule has 11 nitrogen and oxygen atoms in total. The minimum Gasteiger partial charge on any atom is -0.497 e. The molecule has 0 saturated carbocycles. The normalized spacial score (nSPS) is 11.4. The summed E-state index contributed by atoms with van der Waals surface area (Å²) < 4.78 is 50.8. The Morgan fingerprint density at radius 1 is 1.05 bits per heavy atom. The molecule has 0 aliphatic rings. The van der Waals surface area contributed by atoms with Crippen LogP contribution in [0.3, 0.4) is 0 Å². The lowest BCUT2D eigenvalue weighted by atomic mass is 9.87. The first-order chi connectivity index (χ1) is 18.4. The molecule has 0 saturated heterocycles. The summed E-state index contributed by atoms with van der Waals surface area (Å²) in [6.07, 6.45) is 0.509. The Labute approximate surface area is 232 Å². The van der Waals surface area contributed by atoms with Gasteiger partial charge in [0.1, 0.15) is 31.0 Å². The molecular weight excluding hydrogens is 548 g/mol. The molecule has 0 bridgehead atoms. The fourth-order valence-corrected chi connectivity index (χ4v) is 4.38. The minimum absolute atomic E-state index is 0.0253. The van der Waals surface area contributed by atoms with E-state index in [2.05, 4.69) is 20.0 Å². The van der Waals surface area contributed by atoms with Gasteiger partial charge in [-0.25, -0.2) is 18.2 Å². The van der Waals surface area contributed by atoms with E-state index >= 15 is 0 Å². The number of nitrogens with one attached hydrogen (secondary N) is 2. The Hall–Kier alpha value is -3.77. The van der Waals surface area contributed by atoms with E-state index < -0.39 is 16.1 Å². The molecule has 0 radical (unpaired) electrons. The van der Waals surface area contributed by atoms with Crippen LogP contribution in [0.2, 0.25) is 5.02 Å². The highest BCUT2D eigenvalue weighted by Crippen LogP contribution is 2.40. The number of methoxy groups -OCH3 is 1. The average Bonchev–Trinajstić information content (AvgIpc) is 2.89. The van der Waals surface area contributed by atoms with Crippen LogP contribution in [0.15, 0.2) is 53.7 Å². The quantitative estimate of drug-likeness (QED) is 0.296. The second-order valence-corrected chi connectivity index (χ2v) is 11.2. The first kappa shape index (κ1) is 29.8. The number of nitrogens with zero attached hydrogens (tertiary/aromatic N) is 2. The van der Waals surface area contributed by atoms with Crippen molar-refractivity contribution in [2.45, 2.75) is 38.0 Å². The number of rotatable bonds is 11. The Balaban J connectivity index is 1.94. The molecule has 0 spiro atoms. The summed E-state index contributed by atoms with van der Waals surface area (Å²) in [4.78, 5) is 19.7. The van der Waals surface area contributed by atoms with E-state index in [9.17, 15) is 13.2 Å². The molecule has 210 valence electrons. The number of anilines is 1. The van der Waals surface area contributed by atoms with Gasteiger partial charge in [-0.05, 0) is 42.2 Å². The zero-order valence-electron chi connectivity index (χ0n) is 22.3. The second-order valence-electron chi connectivity index (χ2n) is 9.15. The van der Waals surface area contributed by atoms with Crippen molar-refractivity contribution >= 4 is 33.5 Å². The van der Waals surface area contributed by atoms with Gasteiger partial charge in [0.05, 0.1) is 17.0 Å². The molecule has 3 rings (SSSR count). The molecule has 13 heteroatoms. The molecule has 0 aliphatic heterocycles. The van der Waals surface area contributed by atoms with Gasteiger partial charge in [0.2, 0.25) is 5.75 Å². The third-order valence-corrected chi connectivity index (χ3v) is 6.93. The third-order valence-electron chi connectivity index (χ3n) is 5.26. The van der Waals surface area contributed by atoms with E-state index in [1.54, 1.807) is 31.2 Å². The van der Waals surface area contributed by atoms with Crippen molar-refractivity contribution in [2.75, 3.05) is 31.6 Å². The number of sulfonamides is 1. The van der Waals surface area contributed by atoms with Crippen molar-refractivity contribution in [3.05, 3.63) is 59.4 Å². The Kier molecular flexibility index (Phi) is 9.81. The maximum absolute atomic E-state index is 13.3. The SMILES string of the molecule is CCNC(=O)OCCOc1ncnc(NS(=O)(=O)c2ccc(C(C)(C)C)cc2)c1Oc1cc(OC)ccc1Cl. The molecule has 0 unspecified atom stereocenters. The molecule has 2 aromatic carbocycles. The number of carbonyl (C=O) groups excluding carboxylic acids is 1. The summed E-state index contributed by atoms with van der Waals surface area (Å²) in [5, 5.41) is 2.72. The Morgan fingerprint density at radius 3 is 2.41 bits per heavy atom. The molecule has 3 aromatic rings. The molecule has 1 heterocycles. The van der Waals surface area contributed by atoms with Crippen LogP contribution in [0, 0.1) is 0 Å². The predicted octanol–water partition coefficient (Wildman–Crippen LogP) is 5.15. The van der Waals surface area contributed by atoms with Crippen LogP contribution in [0.1, 0.15) is 33.3 Å². The number of hydrogen-bond donors (Lipinski definition) is 2. The molecule has 1 aromatic heterocycles. The summed E-state index contributed by atoms with van der Waals surface area (Å²) in [5.74, 6) is 0.141. The Morgan fingerprint density at radius 2 is 1.77 bits per heavy atom. The van der Waals surface area contributed by atoms with E-state index in [-0.39, 0.29) is 51.7 Å². The maximum atomic E-state index is 13.3. The van der Waals surface area contributed by atoms with Gasteiger partial charge in [-0.15, -0.1) is 0 Å². The number of aromatic nitrogens is 2. The van der Waals surface area contributed by atoms with Crippen LogP contribution in [-0.2, 0) is 20.2 Å². The van der Waals surface area contributed by atoms with Crippen LogP contribution >= 0.6 is 11.6 Å². The molecule has 39 heavy (non-hydrogen) atoms. The van der Waals surface area contributed by atoms with Crippen molar-refractivity contribution in [1.29, 1.82) is 0 Å². The lowest BCUT2D eigenvalue weighted by molar-refractivity contribution is 0.123. The van der Waals surface area contributed by atoms with Gasteiger partial charge >= 0.3 is 6.09 Å². The van der Waals surface area contributed by atoms with E-state index in [1.165, 1.54) is 25.3 Å². The second kappa shape index (κ2) is 12.9. The fourth-order valence-electron chi connectivity index (χ4n) is 3.21. The van der Waals surface area contributed by atoms with Crippen molar-refractivity contribution in [1.82, 2.24) is 15.3 Å². The molecule has 1 amide bonds. The van der Waals surface area contributed by atoms with Crippen molar-refractivity contribution < 1.29 is 32.2 Å². The molecule has 0 aliphatic carbocycles. The highest BCUT2D eigenvalue weighted by atomic mass is 35.5. The van der Waals surface area contributed by atoms with Crippen LogP contribution in [-0.4, -0.2) is 51.3 Å². The number of carbonyl (C=O) groups is 1. The minimum atomic E-state index is -4.08. The number of hydrogen-bond acceptors (Lipinski definition) is 9. The highest BCUT2D eigenvalue weighted by molar-refractivity contribution is 7.92. The van der Waals surface area contributed by atoms with Gasteiger partial charge in [-0.2, -0.15) is 4.98 Å². The van der Waals surface area contributed by atoms with Gasteiger partial charge in [0, 0.05) is 12.6 Å². The first-order valence-electron chi connectivity index (χ1n) is 12.0. The van der Waals surface area contributed by atoms with Crippen molar-refractivity contribution in [3.8, 4) is 23.1 Å². The fraction of sp³-hybridized carbons (Fsp3) is 0.346. The number of halogens is 1. The molecular formula is C26H31ClN4O7S. The lowest BCUT2D eigenvalue weighted by Crippen LogP contribution is -2.25. The van der Waals surface area contributed by atoms with Crippen molar-refractivity contribution in [3.63, 3.8) is 0 Å².